The van der Waals surface area contributed by atoms with E-state index in [2.05, 4.69) is 12.1 Å². The van der Waals surface area contributed by atoms with Crippen molar-refractivity contribution in [2.24, 2.45) is 0 Å². The van der Waals surface area contributed by atoms with Crippen LogP contribution >= 0.6 is 0 Å². The molecule has 0 aliphatic carbocycles. The third kappa shape index (κ3) is 2.25. The number of hydrogen-bond acceptors (Lipinski definition) is 2. The fraction of sp³-hybridized carbons (Fsp3) is 0.0588. The standard InChI is InChI=1S/C17H14O2/c1-19-17-8-5-12(6-9-17)13-2-3-15-11-16(18)7-4-14(15)10-13/h2-11,18H,1H3. The molecule has 0 aliphatic heterocycles. The maximum absolute atomic E-state index is 9.46. The van der Waals surface area contributed by atoms with Crippen LogP contribution in [-0.2, 0) is 0 Å². The molecule has 0 unspecified atom stereocenters. The predicted molar refractivity (Wildman–Crippen MR) is 77.6 cm³/mol. The average Bonchev–Trinajstić information content (AvgIpc) is 2.47. The number of benzene rings is 3. The van der Waals surface area contributed by atoms with Crippen molar-refractivity contribution in [3.63, 3.8) is 0 Å². The quantitative estimate of drug-likeness (QED) is 0.737. The second kappa shape index (κ2) is 4.65. The van der Waals surface area contributed by atoms with Crippen LogP contribution in [0.15, 0.2) is 60.7 Å². The highest BCUT2D eigenvalue weighted by molar-refractivity contribution is 5.88. The van der Waals surface area contributed by atoms with Crippen LogP contribution < -0.4 is 4.74 Å². The first-order valence-electron chi connectivity index (χ1n) is 6.13. The van der Waals surface area contributed by atoms with Crippen molar-refractivity contribution in [1.29, 1.82) is 0 Å². The van der Waals surface area contributed by atoms with Gasteiger partial charge in [0, 0.05) is 0 Å². The first-order chi connectivity index (χ1) is 9.26. The molecule has 3 aromatic carbocycles. The molecule has 0 atom stereocenters. The van der Waals surface area contributed by atoms with Crippen molar-refractivity contribution in [3.8, 4) is 22.6 Å². The lowest BCUT2D eigenvalue weighted by Crippen LogP contribution is -1.83. The van der Waals surface area contributed by atoms with Crippen LogP contribution in [0.3, 0.4) is 0 Å². The Hall–Kier alpha value is -2.48. The van der Waals surface area contributed by atoms with E-state index in [9.17, 15) is 5.11 Å². The zero-order chi connectivity index (χ0) is 13.2. The number of fused-ring (bicyclic) bond motifs is 1. The summed E-state index contributed by atoms with van der Waals surface area (Å²) < 4.78 is 5.16. The van der Waals surface area contributed by atoms with Gasteiger partial charge in [0.05, 0.1) is 7.11 Å². The Balaban J connectivity index is 2.06. The molecular weight excluding hydrogens is 236 g/mol. The van der Waals surface area contributed by atoms with Gasteiger partial charge in [0.2, 0.25) is 0 Å². The molecule has 19 heavy (non-hydrogen) atoms. The highest BCUT2D eigenvalue weighted by Gasteiger charge is 2.01. The highest BCUT2D eigenvalue weighted by atomic mass is 16.5. The van der Waals surface area contributed by atoms with E-state index >= 15 is 0 Å². The van der Waals surface area contributed by atoms with E-state index in [1.807, 2.05) is 36.4 Å². The molecule has 0 saturated carbocycles. The van der Waals surface area contributed by atoms with Crippen LogP contribution in [0.25, 0.3) is 21.9 Å². The van der Waals surface area contributed by atoms with Crippen molar-refractivity contribution < 1.29 is 9.84 Å². The van der Waals surface area contributed by atoms with E-state index in [-0.39, 0.29) is 0 Å². The number of aromatic hydroxyl groups is 1. The van der Waals surface area contributed by atoms with Gasteiger partial charge in [0.15, 0.2) is 0 Å². The number of methoxy groups -OCH3 is 1. The van der Waals surface area contributed by atoms with Gasteiger partial charge in [0.1, 0.15) is 11.5 Å². The zero-order valence-electron chi connectivity index (χ0n) is 10.6. The normalized spacial score (nSPS) is 10.6. The number of ether oxygens (including phenoxy) is 1. The molecule has 3 aromatic rings. The molecule has 0 saturated heterocycles. The summed E-state index contributed by atoms with van der Waals surface area (Å²) in [6.07, 6.45) is 0. The van der Waals surface area contributed by atoms with Crippen LogP contribution in [0, 0.1) is 0 Å². The summed E-state index contributed by atoms with van der Waals surface area (Å²) in [7, 11) is 1.66. The Bertz CT molecular complexity index is 715. The maximum atomic E-state index is 9.46. The molecule has 2 heteroatoms. The first-order valence-corrected chi connectivity index (χ1v) is 6.13. The second-order valence-electron chi connectivity index (χ2n) is 4.47. The molecule has 0 bridgehead atoms. The summed E-state index contributed by atoms with van der Waals surface area (Å²) in [5.74, 6) is 1.15. The van der Waals surface area contributed by atoms with Crippen molar-refractivity contribution in [1.82, 2.24) is 0 Å². The van der Waals surface area contributed by atoms with Gasteiger partial charge in [-0.1, -0.05) is 30.3 Å². The Morgan fingerprint density at radius 2 is 1.37 bits per heavy atom. The Morgan fingerprint density at radius 3 is 2.11 bits per heavy atom. The van der Waals surface area contributed by atoms with E-state index in [1.54, 1.807) is 19.2 Å². The molecule has 0 aromatic heterocycles. The molecule has 0 heterocycles. The fourth-order valence-electron chi connectivity index (χ4n) is 2.20. The molecular formula is C17H14O2. The lowest BCUT2D eigenvalue weighted by atomic mass is 10.0. The smallest absolute Gasteiger partial charge is 0.118 e. The highest BCUT2D eigenvalue weighted by Crippen LogP contribution is 2.27. The lowest BCUT2D eigenvalue weighted by molar-refractivity contribution is 0.415. The third-order valence-corrected chi connectivity index (χ3v) is 3.25. The third-order valence-electron chi connectivity index (χ3n) is 3.25. The van der Waals surface area contributed by atoms with Gasteiger partial charge in [-0.2, -0.15) is 0 Å². The van der Waals surface area contributed by atoms with Gasteiger partial charge >= 0.3 is 0 Å². The number of phenols is 1. The van der Waals surface area contributed by atoms with E-state index in [0.717, 1.165) is 27.6 Å². The van der Waals surface area contributed by atoms with E-state index in [0.29, 0.717) is 5.75 Å². The van der Waals surface area contributed by atoms with Crippen molar-refractivity contribution in [2.45, 2.75) is 0 Å². The average molecular weight is 250 g/mol. The van der Waals surface area contributed by atoms with Crippen molar-refractivity contribution >= 4 is 10.8 Å². The van der Waals surface area contributed by atoms with Crippen molar-refractivity contribution in [2.75, 3.05) is 7.11 Å². The first kappa shape index (κ1) is 11.6. The van der Waals surface area contributed by atoms with Gasteiger partial charge < -0.3 is 9.84 Å². The van der Waals surface area contributed by atoms with Crippen LogP contribution in [0.5, 0.6) is 11.5 Å². The molecule has 0 aliphatic rings. The molecule has 0 spiro atoms. The number of rotatable bonds is 2. The summed E-state index contributed by atoms with van der Waals surface area (Å²) in [5, 5.41) is 11.6. The fourth-order valence-corrected chi connectivity index (χ4v) is 2.20. The molecule has 0 fully saturated rings. The van der Waals surface area contributed by atoms with Gasteiger partial charge in [-0.3, -0.25) is 0 Å². The predicted octanol–water partition coefficient (Wildman–Crippen LogP) is 4.22. The minimum absolute atomic E-state index is 0.296. The monoisotopic (exact) mass is 250 g/mol. The van der Waals surface area contributed by atoms with Gasteiger partial charge in [0.25, 0.3) is 0 Å². The van der Waals surface area contributed by atoms with Gasteiger partial charge in [-0.25, -0.2) is 0 Å². The number of hydrogen-bond donors (Lipinski definition) is 1. The van der Waals surface area contributed by atoms with E-state index < -0.39 is 0 Å². The number of phenolic OH excluding ortho intramolecular Hbond substituents is 1. The summed E-state index contributed by atoms with van der Waals surface area (Å²) in [6.45, 7) is 0. The Kier molecular flexibility index (Phi) is 2.84. The van der Waals surface area contributed by atoms with Crippen LogP contribution in [0.1, 0.15) is 0 Å². The van der Waals surface area contributed by atoms with Gasteiger partial charge in [-0.15, -0.1) is 0 Å². The molecule has 94 valence electrons. The van der Waals surface area contributed by atoms with Gasteiger partial charge in [-0.05, 0) is 52.2 Å². The zero-order valence-corrected chi connectivity index (χ0v) is 10.6. The maximum Gasteiger partial charge on any atom is 0.118 e. The minimum atomic E-state index is 0.296. The lowest BCUT2D eigenvalue weighted by Gasteiger charge is -2.06. The van der Waals surface area contributed by atoms with Crippen LogP contribution in [0.2, 0.25) is 0 Å². The molecule has 0 radical (unpaired) electrons. The Morgan fingerprint density at radius 1 is 0.737 bits per heavy atom. The summed E-state index contributed by atoms with van der Waals surface area (Å²) in [6, 6.07) is 19.6. The minimum Gasteiger partial charge on any atom is -0.508 e. The molecule has 1 N–H and O–H groups in total. The SMILES string of the molecule is COc1ccc(-c2ccc3cc(O)ccc3c2)cc1. The summed E-state index contributed by atoms with van der Waals surface area (Å²) in [5.41, 5.74) is 2.30. The van der Waals surface area contributed by atoms with E-state index in [4.69, 9.17) is 4.74 Å². The van der Waals surface area contributed by atoms with Crippen LogP contribution in [-0.4, -0.2) is 12.2 Å². The topological polar surface area (TPSA) is 29.5 Å². The van der Waals surface area contributed by atoms with E-state index in [1.165, 1.54) is 0 Å². The van der Waals surface area contributed by atoms with Crippen LogP contribution in [0.4, 0.5) is 0 Å². The second-order valence-corrected chi connectivity index (χ2v) is 4.47. The molecule has 0 amide bonds. The largest absolute Gasteiger partial charge is 0.508 e. The summed E-state index contributed by atoms with van der Waals surface area (Å²) >= 11 is 0. The van der Waals surface area contributed by atoms with Crippen molar-refractivity contribution in [3.05, 3.63) is 60.7 Å². The Labute approximate surface area is 111 Å². The molecule has 2 nitrogen and oxygen atoms in total. The molecule has 3 rings (SSSR count). The summed E-state index contributed by atoms with van der Waals surface area (Å²) in [4.78, 5) is 0.